The van der Waals surface area contributed by atoms with Gasteiger partial charge >= 0.3 is 0 Å². The Morgan fingerprint density at radius 1 is 1.11 bits per heavy atom. The molecule has 0 aliphatic carbocycles. The van der Waals surface area contributed by atoms with Crippen molar-refractivity contribution in [1.82, 2.24) is 15.3 Å². The van der Waals surface area contributed by atoms with Crippen LogP contribution >= 0.6 is 0 Å². The van der Waals surface area contributed by atoms with Gasteiger partial charge in [-0.2, -0.15) is 0 Å². The van der Waals surface area contributed by atoms with Crippen molar-refractivity contribution in [3.8, 4) is 11.5 Å². The minimum absolute atomic E-state index is 0.166. The van der Waals surface area contributed by atoms with Crippen molar-refractivity contribution in [2.75, 3.05) is 13.2 Å². The Morgan fingerprint density at radius 2 is 1.89 bits per heavy atom. The average molecular weight is 361 g/mol. The van der Waals surface area contributed by atoms with E-state index in [2.05, 4.69) is 15.3 Å². The standard InChI is InChI=1S/C21H19N3O3/c1-14(15-6-8-19-20(12-15)27-11-10-26-19)23-21(25)9-7-16-13-22-17-4-2-3-5-18(17)24-16/h2-9,12-14H,10-11H2,1H3,(H,23,25)/b9-7+. The third-order valence-electron chi connectivity index (χ3n) is 4.30. The van der Waals surface area contributed by atoms with Gasteiger partial charge < -0.3 is 14.8 Å². The van der Waals surface area contributed by atoms with Crippen LogP contribution in [0.3, 0.4) is 0 Å². The molecule has 1 aromatic heterocycles. The number of benzene rings is 2. The molecule has 1 atom stereocenters. The van der Waals surface area contributed by atoms with Crippen molar-refractivity contribution >= 4 is 23.0 Å². The van der Waals surface area contributed by atoms with E-state index in [1.807, 2.05) is 49.4 Å². The molecule has 0 spiro atoms. The molecule has 0 saturated heterocycles. The van der Waals surface area contributed by atoms with E-state index < -0.39 is 0 Å². The molecule has 6 heteroatoms. The highest BCUT2D eigenvalue weighted by molar-refractivity contribution is 5.92. The summed E-state index contributed by atoms with van der Waals surface area (Å²) in [5, 5.41) is 2.94. The maximum atomic E-state index is 12.3. The highest BCUT2D eigenvalue weighted by Gasteiger charge is 2.15. The molecule has 2 heterocycles. The highest BCUT2D eigenvalue weighted by atomic mass is 16.6. The summed E-state index contributed by atoms with van der Waals surface area (Å²) in [7, 11) is 0. The molecule has 1 N–H and O–H groups in total. The lowest BCUT2D eigenvalue weighted by Crippen LogP contribution is -2.25. The van der Waals surface area contributed by atoms with Crippen LogP contribution in [0.4, 0.5) is 0 Å². The molecule has 3 aromatic rings. The van der Waals surface area contributed by atoms with E-state index in [-0.39, 0.29) is 11.9 Å². The zero-order valence-corrected chi connectivity index (χ0v) is 14.9. The molecule has 1 aliphatic rings. The first-order valence-electron chi connectivity index (χ1n) is 8.79. The number of carbonyl (C=O) groups is 1. The van der Waals surface area contributed by atoms with Gasteiger partial charge in [0.15, 0.2) is 11.5 Å². The number of nitrogens with one attached hydrogen (secondary N) is 1. The number of fused-ring (bicyclic) bond motifs is 2. The molecule has 2 aromatic carbocycles. The Morgan fingerprint density at radius 3 is 2.74 bits per heavy atom. The Labute approximate surface area is 156 Å². The van der Waals surface area contributed by atoms with Crippen LogP contribution in [0.25, 0.3) is 17.1 Å². The molecule has 0 bridgehead atoms. The number of aromatic nitrogens is 2. The summed E-state index contributed by atoms with van der Waals surface area (Å²) in [4.78, 5) is 21.1. The molecule has 136 valence electrons. The van der Waals surface area contributed by atoms with Crippen LogP contribution in [-0.4, -0.2) is 29.1 Å². The molecular formula is C21H19N3O3. The van der Waals surface area contributed by atoms with Gasteiger partial charge in [0.25, 0.3) is 0 Å². The fourth-order valence-electron chi connectivity index (χ4n) is 2.89. The number of hydrogen-bond acceptors (Lipinski definition) is 5. The lowest BCUT2D eigenvalue weighted by molar-refractivity contribution is -0.117. The van der Waals surface area contributed by atoms with Crippen molar-refractivity contribution in [2.45, 2.75) is 13.0 Å². The van der Waals surface area contributed by atoms with E-state index in [1.54, 1.807) is 12.3 Å². The number of rotatable bonds is 4. The van der Waals surface area contributed by atoms with E-state index >= 15 is 0 Å². The second kappa shape index (κ2) is 7.45. The van der Waals surface area contributed by atoms with Crippen LogP contribution in [0, 0.1) is 0 Å². The van der Waals surface area contributed by atoms with Gasteiger partial charge in [-0.1, -0.05) is 18.2 Å². The molecule has 0 saturated carbocycles. The van der Waals surface area contributed by atoms with E-state index in [4.69, 9.17) is 9.47 Å². The first-order chi connectivity index (χ1) is 13.2. The van der Waals surface area contributed by atoms with Gasteiger partial charge in [-0.3, -0.25) is 9.78 Å². The van der Waals surface area contributed by atoms with Crippen LogP contribution in [0.15, 0.2) is 54.7 Å². The van der Waals surface area contributed by atoms with E-state index in [0.717, 1.165) is 22.3 Å². The maximum absolute atomic E-state index is 12.3. The maximum Gasteiger partial charge on any atom is 0.244 e. The summed E-state index contributed by atoms with van der Waals surface area (Å²) >= 11 is 0. The van der Waals surface area contributed by atoms with Gasteiger partial charge in [0, 0.05) is 6.08 Å². The van der Waals surface area contributed by atoms with Crippen LogP contribution in [-0.2, 0) is 4.79 Å². The monoisotopic (exact) mass is 361 g/mol. The minimum atomic E-state index is -0.202. The Bertz CT molecular complexity index is 1020. The number of amides is 1. The SMILES string of the molecule is CC(NC(=O)/C=C/c1cnc2ccccc2n1)c1ccc2c(c1)OCCO2. The fraction of sp³-hybridized carbons (Fsp3) is 0.190. The number of carbonyl (C=O) groups excluding carboxylic acids is 1. The lowest BCUT2D eigenvalue weighted by atomic mass is 10.1. The highest BCUT2D eigenvalue weighted by Crippen LogP contribution is 2.32. The van der Waals surface area contributed by atoms with E-state index in [1.165, 1.54) is 6.08 Å². The molecule has 0 radical (unpaired) electrons. The van der Waals surface area contributed by atoms with Crippen molar-refractivity contribution in [2.24, 2.45) is 0 Å². The molecule has 0 fully saturated rings. The summed E-state index contributed by atoms with van der Waals surface area (Å²) in [5.41, 5.74) is 3.21. The summed E-state index contributed by atoms with van der Waals surface area (Å²) in [6.07, 6.45) is 4.77. The lowest BCUT2D eigenvalue weighted by Gasteiger charge is -2.20. The van der Waals surface area contributed by atoms with Crippen LogP contribution in [0.1, 0.15) is 24.2 Å². The van der Waals surface area contributed by atoms with Crippen LogP contribution < -0.4 is 14.8 Å². The topological polar surface area (TPSA) is 73.3 Å². The summed E-state index contributed by atoms with van der Waals surface area (Å²) in [5.74, 6) is 1.24. The number of nitrogens with zero attached hydrogens (tertiary/aromatic N) is 2. The largest absolute Gasteiger partial charge is 0.486 e. The van der Waals surface area contributed by atoms with Crippen LogP contribution in [0.5, 0.6) is 11.5 Å². The van der Waals surface area contributed by atoms with Gasteiger partial charge in [0.05, 0.1) is 29.0 Å². The summed E-state index contributed by atoms with van der Waals surface area (Å²) in [6, 6.07) is 13.1. The molecule has 1 unspecified atom stereocenters. The Kier molecular flexibility index (Phi) is 4.70. The quantitative estimate of drug-likeness (QED) is 0.722. The van der Waals surface area contributed by atoms with Gasteiger partial charge in [-0.25, -0.2) is 4.98 Å². The predicted octanol–water partition coefficient (Wildman–Crippen LogP) is 3.29. The first kappa shape index (κ1) is 17.0. The Hall–Kier alpha value is -3.41. The second-order valence-corrected chi connectivity index (χ2v) is 6.25. The van der Waals surface area contributed by atoms with Crippen molar-refractivity contribution < 1.29 is 14.3 Å². The predicted molar refractivity (Wildman–Crippen MR) is 103 cm³/mol. The number of hydrogen-bond donors (Lipinski definition) is 1. The average Bonchev–Trinajstić information content (AvgIpc) is 2.71. The zero-order chi connectivity index (χ0) is 18.6. The van der Waals surface area contributed by atoms with E-state index in [9.17, 15) is 4.79 Å². The second-order valence-electron chi connectivity index (χ2n) is 6.25. The Balaban J connectivity index is 1.42. The summed E-state index contributed by atoms with van der Waals surface area (Å²) in [6.45, 7) is 3.01. The number of ether oxygens (including phenoxy) is 2. The first-order valence-corrected chi connectivity index (χ1v) is 8.79. The van der Waals surface area contributed by atoms with Crippen molar-refractivity contribution in [1.29, 1.82) is 0 Å². The summed E-state index contributed by atoms with van der Waals surface area (Å²) < 4.78 is 11.1. The van der Waals surface area contributed by atoms with Gasteiger partial charge in [0.2, 0.25) is 5.91 Å². The smallest absolute Gasteiger partial charge is 0.244 e. The van der Waals surface area contributed by atoms with Crippen molar-refractivity contribution in [3.05, 3.63) is 66.0 Å². The van der Waals surface area contributed by atoms with Gasteiger partial charge in [-0.05, 0) is 42.8 Å². The molecule has 6 nitrogen and oxygen atoms in total. The van der Waals surface area contributed by atoms with Crippen LogP contribution in [0.2, 0.25) is 0 Å². The molecule has 1 aliphatic heterocycles. The molecule has 4 rings (SSSR count). The molecule has 27 heavy (non-hydrogen) atoms. The molecule has 1 amide bonds. The molecular weight excluding hydrogens is 342 g/mol. The van der Waals surface area contributed by atoms with Gasteiger partial charge in [0.1, 0.15) is 13.2 Å². The third kappa shape index (κ3) is 3.89. The fourth-order valence-corrected chi connectivity index (χ4v) is 2.89. The van der Waals surface area contributed by atoms with Gasteiger partial charge in [-0.15, -0.1) is 0 Å². The number of para-hydroxylation sites is 2. The zero-order valence-electron chi connectivity index (χ0n) is 14.9. The minimum Gasteiger partial charge on any atom is -0.486 e. The third-order valence-corrected chi connectivity index (χ3v) is 4.30. The van der Waals surface area contributed by atoms with Crippen molar-refractivity contribution in [3.63, 3.8) is 0 Å². The normalized spacial score (nSPS) is 14.3. The van der Waals surface area contributed by atoms with E-state index in [0.29, 0.717) is 24.7 Å².